The molecule has 0 radical (unpaired) electrons. The lowest BCUT2D eigenvalue weighted by molar-refractivity contribution is -0.139. The van der Waals surface area contributed by atoms with E-state index in [0.717, 1.165) is 5.56 Å². The maximum atomic E-state index is 12.6. The highest BCUT2D eigenvalue weighted by Gasteiger charge is 2.36. The fraction of sp³-hybridized carbons (Fsp3) is 0.444. The second-order valence-corrected chi connectivity index (χ2v) is 6.85. The molecule has 0 aliphatic carbocycles. The van der Waals surface area contributed by atoms with Gasteiger partial charge in [-0.05, 0) is 30.7 Å². The van der Waals surface area contributed by atoms with Gasteiger partial charge in [-0.2, -0.15) is 4.98 Å². The van der Waals surface area contributed by atoms with Crippen molar-refractivity contribution < 1.29 is 24.0 Å². The number of aliphatic carboxylic acids is 1. The first-order valence-electron chi connectivity index (χ1n) is 8.59. The zero-order valence-electron chi connectivity index (χ0n) is 14.8. The van der Waals surface area contributed by atoms with Gasteiger partial charge in [0.1, 0.15) is 0 Å². The number of hydrogen-bond acceptors (Lipinski definition) is 6. The van der Waals surface area contributed by atoms with E-state index in [1.165, 1.54) is 0 Å². The Hall–Kier alpha value is -2.45. The molecule has 27 heavy (non-hydrogen) atoms. The molecule has 0 spiro atoms. The van der Waals surface area contributed by atoms with E-state index in [1.54, 1.807) is 36.3 Å². The topological polar surface area (TPSA) is 106 Å². The first-order chi connectivity index (χ1) is 13.0. The minimum absolute atomic E-state index is 0.0904. The lowest BCUT2D eigenvalue weighted by atomic mass is 10.1. The van der Waals surface area contributed by atoms with Gasteiger partial charge >= 0.3 is 5.97 Å². The standard InChI is InChI=1S/C18H20ClN3O5/c1-26-14-8-13(9-17(24)25)22(10-14)16(23)7-6-15-20-18(21-27-15)11-2-4-12(19)5-3-11/h2-5,13-14H,6-10H2,1H3,(H,24,25). The molecule has 0 saturated carbocycles. The maximum Gasteiger partial charge on any atom is 0.305 e. The summed E-state index contributed by atoms with van der Waals surface area (Å²) in [7, 11) is 1.56. The number of amides is 1. The van der Waals surface area contributed by atoms with Gasteiger partial charge in [0, 0.05) is 43.1 Å². The lowest BCUT2D eigenvalue weighted by Gasteiger charge is -2.22. The number of hydrogen-bond donors (Lipinski definition) is 1. The summed E-state index contributed by atoms with van der Waals surface area (Å²) in [6, 6.07) is 6.69. The molecule has 2 aromatic rings. The fourth-order valence-corrected chi connectivity index (χ4v) is 3.30. The van der Waals surface area contributed by atoms with E-state index in [9.17, 15) is 9.59 Å². The quantitative estimate of drug-likeness (QED) is 0.769. The zero-order valence-corrected chi connectivity index (χ0v) is 15.6. The maximum absolute atomic E-state index is 12.6. The number of aromatic nitrogens is 2. The van der Waals surface area contributed by atoms with Crippen LogP contribution in [0.5, 0.6) is 0 Å². The van der Waals surface area contributed by atoms with Gasteiger partial charge in [0.15, 0.2) is 0 Å². The van der Waals surface area contributed by atoms with Crippen molar-refractivity contribution in [2.24, 2.45) is 0 Å². The molecule has 1 amide bonds. The zero-order chi connectivity index (χ0) is 19.4. The second-order valence-electron chi connectivity index (χ2n) is 6.41. The summed E-state index contributed by atoms with van der Waals surface area (Å²) < 4.78 is 10.5. The molecule has 1 aromatic heterocycles. The molecule has 2 atom stereocenters. The van der Waals surface area contributed by atoms with Crippen LogP contribution in [0.2, 0.25) is 5.02 Å². The largest absolute Gasteiger partial charge is 0.481 e. The molecule has 0 bridgehead atoms. The molecular weight excluding hydrogens is 374 g/mol. The fourth-order valence-electron chi connectivity index (χ4n) is 3.18. The molecule has 144 valence electrons. The van der Waals surface area contributed by atoms with E-state index >= 15 is 0 Å². The van der Waals surface area contributed by atoms with Gasteiger partial charge in [0.05, 0.1) is 12.5 Å². The average Bonchev–Trinajstić information content (AvgIpc) is 3.27. The molecule has 1 aliphatic rings. The third-order valence-electron chi connectivity index (χ3n) is 4.56. The van der Waals surface area contributed by atoms with E-state index in [2.05, 4.69) is 10.1 Å². The summed E-state index contributed by atoms with van der Waals surface area (Å²) in [6.45, 7) is 0.396. The molecule has 1 aromatic carbocycles. The van der Waals surface area contributed by atoms with Crippen LogP contribution in [0.25, 0.3) is 11.4 Å². The molecule has 1 fully saturated rings. The van der Waals surface area contributed by atoms with E-state index in [1.807, 2.05) is 0 Å². The molecule has 1 aliphatic heterocycles. The summed E-state index contributed by atoms with van der Waals surface area (Å²) in [5.74, 6) is -0.296. The number of carboxylic acid groups (broad SMARTS) is 1. The Balaban J connectivity index is 1.60. The number of halogens is 1. The van der Waals surface area contributed by atoms with Crippen LogP contribution >= 0.6 is 11.6 Å². The van der Waals surface area contributed by atoms with Crippen molar-refractivity contribution >= 4 is 23.5 Å². The minimum Gasteiger partial charge on any atom is -0.481 e. The van der Waals surface area contributed by atoms with Crippen LogP contribution in [0.4, 0.5) is 0 Å². The third-order valence-corrected chi connectivity index (χ3v) is 4.82. The molecule has 3 rings (SSSR count). The predicted octanol–water partition coefficient (Wildman–Crippen LogP) is 2.41. The molecule has 2 heterocycles. The van der Waals surface area contributed by atoms with Crippen molar-refractivity contribution in [3.8, 4) is 11.4 Å². The predicted molar refractivity (Wildman–Crippen MR) is 96.2 cm³/mol. The van der Waals surface area contributed by atoms with Crippen LogP contribution in [0.1, 0.15) is 25.2 Å². The number of nitrogens with zero attached hydrogens (tertiary/aromatic N) is 3. The van der Waals surface area contributed by atoms with Gasteiger partial charge in [-0.15, -0.1) is 0 Å². The number of methoxy groups -OCH3 is 1. The van der Waals surface area contributed by atoms with Crippen molar-refractivity contribution in [2.75, 3.05) is 13.7 Å². The monoisotopic (exact) mass is 393 g/mol. The molecule has 1 N–H and O–H groups in total. The SMILES string of the molecule is COC1CC(CC(=O)O)N(C(=O)CCc2nc(-c3ccc(Cl)cc3)no2)C1. The normalized spacial score (nSPS) is 19.4. The van der Waals surface area contributed by atoms with Crippen molar-refractivity contribution in [2.45, 2.75) is 37.8 Å². The van der Waals surface area contributed by atoms with Crippen LogP contribution in [0.3, 0.4) is 0 Å². The van der Waals surface area contributed by atoms with Crippen molar-refractivity contribution in [3.63, 3.8) is 0 Å². The number of aryl methyl sites for hydroxylation is 1. The van der Waals surface area contributed by atoms with Crippen molar-refractivity contribution in [1.82, 2.24) is 15.0 Å². The first-order valence-corrected chi connectivity index (χ1v) is 8.96. The molecule has 1 saturated heterocycles. The summed E-state index contributed by atoms with van der Waals surface area (Å²) in [5.41, 5.74) is 0.768. The molecule has 8 nitrogen and oxygen atoms in total. The average molecular weight is 394 g/mol. The third kappa shape index (κ3) is 4.84. The Bertz CT molecular complexity index is 808. The van der Waals surface area contributed by atoms with Crippen LogP contribution in [0.15, 0.2) is 28.8 Å². The van der Waals surface area contributed by atoms with Gasteiger partial charge in [0.25, 0.3) is 0 Å². The molecule has 9 heteroatoms. The van der Waals surface area contributed by atoms with Crippen LogP contribution in [0, 0.1) is 0 Å². The van der Waals surface area contributed by atoms with E-state index < -0.39 is 5.97 Å². The minimum atomic E-state index is -0.931. The van der Waals surface area contributed by atoms with Crippen LogP contribution < -0.4 is 0 Å². The highest BCUT2D eigenvalue weighted by molar-refractivity contribution is 6.30. The second kappa shape index (κ2) is 8.49. The summed E-state index contributed by atoms with van der Waals surface area (Å²) in [5, 5.41) is 13.6. The first kappa shape index (κ1) is 19.3. The number of carbonyl (C=O) groups is 2. The Morgan fingerprint density at radius 3 is 2.78 bits per heavy atom. The van der Waals surface area contributed by atoms with Crippen LogP contribution in [-0.2, 0) is 20.7 Å². The van der Waals surface area contributed by atoms with Gasteiger partial charge in [-0.3, -0.25) is 9.59 Å². The lowest BCUT2D eigenvalue weighted by Crippen LogP contribution is -2.37. The smallest absolute Gasteiger partial charge is 0.305 e. The van der Waals surface area contributed by atoms with Gasteiger partial charge < -0.3 is 19.3 Å². The molecular formula is C18H20ClN3O5. The van der Waals surface area contributed by atoms with Gasteiger partial charge in [-0.25, -0.2) is 0 Å². The highest BCUT2D eigenvalue weighted by atomic mass is 35.5. The summed E-state index contributed by atoms with van der Waals surface area (Å²) >= 11 is 5.86. The van der Waals surface area contributed by atoms with Crippen molar-refractivity contribution in [3.05, 3.63) is 35.2 Å². The Kier molecular flexibility index (Phi) is 6.08. The van der Waals surface area contributed by atoms with Gasteiger partial charge in [0.2, 0.25) is 17.6 Å². The Labute approximate surface area is 161 Å². The van der Waals surface area contributed by atoms with Gasteiger partial charge in [-0.1, -0.05) is 16.8 Å². The number of ether oxygens (including phenoxy) is 1. The van der Waals surface area contributed by atoms with E-state index in [4.69, 9.17) is 26.0 Å². The summed E-state index contributed by atoms with van der Waals surface area (Å²) in [4.78, 5) is 29.5. The Morgan fingerprint density at radius 2 is 2.11 bits per heavy atom. The van der Waals surface area contributed by atoms with E-state index in [0.29, 0.717) is 29.7 Å². The number of carbonyl (C=O) groups excluding carboxylic acids is 1. The summed E-state index contributed by atoms with van der Waals surface area (Å²) in [6.07, 6.45) is 0.739. The highest BCUT2D eigenvalue weighted by Crippen LogP contribution is 2.24. The van der Waals surface area contributed by atoms with E-state index in [-0.39, 0.29) is 37.3 Å². The molecule has 2 unspecified atom stereocenters. The van der Waals surface area contributed by atoms with Crippen molar-refractivity contribution in [1.29, 1.82) is 0 Å². The number of rotatable bonds is 7. The van der Waals surface area contributed by atoms with Crippen LogP contribution in [-0.4, -0.2) is 57.8 Å². The number of benzene rings is 1. The Morgan fingerprint density at radius 1 is 1.37 bits per heavy atom. The number of carboxylic acids is 1. The number of likely N-dealkylation sites (tertiary alicyclic amines) is 1.